The van der Waals surface area contributed by atoms with Crippen molar-refractivity contribution in [1.82, 2.24) is 0 Å². The van der Waals surface area contributed by atoms with E-state index >= 15 is 0 Å². The van der Waals surface area contributed by atoms with Gasteiger partial charge in [-0.05, 0) is 10.8 Å². The summed E-state index contributed by atoms with van der Waals surface area (Å²) in [6, 6.07) is 23.7. The molecule has 0 bridgehead atoms. The highest BCUT2D eigenvalue weighted by atomic mass is 15.2. The van der Waals surface area contributed by atoms with Crippen LogP contribution in [-0.2, 0) is 0 Å². The fourth-order valence-corrected chi connectivity index (χ4v) is 2.56. The van der Waals surface area contributed by atoms with Gasteiger partial charge in [-0.3, -0.25) is 0 Å². The highest BCUT2D eigenvalue weighted by Crippen LogP contribution is 2.21. The summed E-state index contributed by atoms with van der Waals surface area (Å²) in [6.45, 7) is 0. The predicted molar refractivity (Wildman–Crippen MR) is 91.8 cm³/mol. The minimum absolute atomic E-state index is 0.569. The molecule has 4 N–H and O–H groups in total. The van der Waals surface area contributed by atoms with E-state index in [1.807, 2.05) is 60.7 Å². The molecule has 0 aliphatic rings. The van der Waals surface area contributed by atoms with Gasteiger partial charge in [0.15, 0.2) is 0 Å². The maximum atomic E-state index is 5.66. The summed E-state index contributed by atoms with van der Waals surface area (Å²) in [4.78, 5) is 0. The van der Waals surface area contributed by atoms with Crippen LogP contribution in [0.5, 0.6) is 0 Å². The van der Waals surface area contributed by atoms with Crippen molar-refractivity contribution in [3.63, 3.8) is 0 Å². The van der Waals surface area contributed by atoms with Crippen LogP contribution in [0.2, 0.25) is 0 Å². The summed E-state index contributed by atoms with van der Waals surface area (Å²) in [5.74, 6) is 11.3. The average Bonchev–Trinajstić information content (AvgIpc) is 2.60. The predicted octanol–water partition coefficient (Wildman–Crippen LogP) is 2.87. The number of hydrogen-bond acceptors (Lipinski definition) is 4. The first-order valence-electron chi connectivity index (χ1n) is 6.95. The Balaban J connectivity index is 2.19. The SMILES string of the molecule is N/N=C(/C(=N/N)c1cccc2ccccc12)c1ccccc1. The lowest BCUT2D eigenvalue weighted by Crippen LogP contribution is -2.21. The van der Waals surface area contributed by atoms with E-state index in [1.165, 1.54) is 0 Å². The van der Waals surface area contributed by atoms with Gasteiger partial charge in [0.25, 0.3) is 0 Å². The molecule has 0 aromatic heterocycles. The van der Waals surface area contributed by atoms with E-state index in [1.54, 1.807) is 0 Å². The zero-order chi connectivity index (χ0) is 15.4. The Morgan fingerprint density at radius 2 is 1.27 bits per heavy atom. The maximum Gasteiger partial charge on any atom is 0.119 e. The van der Waals surface area contributed by atoms with Crippen molar-refractivity contribution in [2.24, 2.45) is 21.9 Å². The number of rotatable bonds is 3. The Morgan fingerprint density at radius 1 is 0.636 bits per heavy atom. The third-order valence-electron chi connectivity index (χ3n) is 3.57. The Morgan fingerprint density at radius 3 is 2.00 bits per heavy atom. The smallest absolute Gasteiger partial charge is 0.119 e. The summed E-state index contributed by atoms with van der Waals surface area (Å²) in [5, 5.41) is 10.1. The van der Waals surface area contributed by atoms with Crippen molar-refractivity contribution >= 4 is 22.2 Å². The van der Waals surface area contributed by atoms with Crippen LogP contribution >= 0.6 is 0 Å². The van der Waals surface area contributed by atoms with Crippen molar-refractivity contribution in [2.45, 2.75) is 0 Å². The molecule has 0 radical (unpaired) electrons. The lowest BCUT2D eigenvalue weighted by Gasteiger charge is -2.11. The first kappa shape index (κ1) is 13.8. The van der Waals surface area contributed by atoms with Crippen LogP contribution in [-0.4, -0.2) is 11.4 Å². The number of hydrogen-bond donors (Lipinski definition) is 2. The van der Waals surface area contributed by atoms with Gasteiger partial charge in [0, 0.05) is 11.1 Å². The second-order valence-electron chi connectivity index (χ2n) is 4.85. The first-order valence-corrected chi connectivity index (χ1v) is 6.95. The van der Waals surface area contributed by atoms with Crippen molar-refractivity contribution in [3.8, 4) is 0 Å². The summed E-state index contributed by atoms with van der Waals surface area (Å²) in [6.07, 6.45) is 0. The molecule has 0 heterocycles. The van der Waals surface area contributed by atoms with E-state index in [0.717, 1.165) is 21.9 Å². The molecule has 0 atom stereocenters. The first-order chi connectivity index (χ1) is 10.8. The lowest BCUT2D eigenvalue weighted by molar-refractivity contribution is 1.23. The number of nitrogens with two attached hydrogens (primary N) is 2. The second-order valence-corrected chi connectivity index (χ2v) is 4.85. The topological polar surface area (TPSA) is 76.8 Å². The molecule has 0 spiro atoms. The highest BCUT2D eigenvalue weighted by Gasteiger charge is 2.16. The molecule has 4 nitrogen and oxygen atoms in total. The normalized spacial score (nSPS) is 12.5. The van der Waals surface area contributed by atoms with Gasteiger partial charge in [-0.2, -0.15) is 10.2 Å². The summed E-state index contributed by atoms with van der Waals surface area (Å²) in [7, 11) is 0. The molecule has 3 aromatic rings. The molecule has 0 saturated heterocycles. The molecule has 3 aromatic carbocycles. The zero-order valence-corrected chi connectivity index (χ0v) is 12.0. The van der Waals surface area contributed by atoms with E-state index in [0.29, 0.717) is 11.4 Å². The molecule has 0 unspecified atom stereocenters. The molecule has 3 rings (SSSR count). The van der Waals surface area contributed by atoms with Gasteiger partial charge in [0.05, 0.1) is 0 Å². The van der Waals surface area contributed by atoms with Crippen LogP contribution in [0.3, 0.4) is 0 Å². The Labute approximate surface area is 128 Å². The van der Waals surface area contributed by atoms with Gasteiger partial charge in [0.2, 0.25) is 0 Å². The molecule has 0 fully saturated rings. The molecule has 0 amide bonds. The van der Waals surface area contributed by atoms with Crippen LogP contribution in [0.1, 0.15) is 11.1 Å². The summed E-state index contributed by atoms with van der Waals surface area (Å²) >= 11 is 0. The van der Waals surface area contributed by atoms with Crippen molar-refractivity contribution in [2.75, 3.05) is 0 Å². The van der Waals surface area contributed by atoms with Crippen molar-refractivity contribution in [1.29, 1.82) is 0 Å². The van der Waals surface area contributed by atoms with Gasteiger partial charge in [-0.15, -0.1) is 0 Å². The van der Waals surface area contributed by atoms with E-state index in [2.05, 4.69) is 22.3 Å². The zero-order valence-electron chi connectivity index (χ0n) is 12.0. The number of fused-ring (bicyclic) bond motifs is 1. The van der Waals surface area contributed by atoms with E-state index in [-0.39, 0.29) is 0 Å². The van der Waals surface area contributed by atoms with Gasteiger partial charge in [0.1, 0.15) is 11.4 Å². The molecule has 0 aliphatic heterocycles. The van der Waals surface area contributed by atoms with Crippen LogP contribution in [0.4, 0.5) is 0 Å². The van der Waals surface area contributed by atoms with Crippen LogP contribution in [0, 0.1) is 0 Å². The molecule has 22 heavy (non-hydrogen) atoms. The standard InChI is InChI=1S/C18H16N4/c19-21-17(14-8-2-1-3-9-14)18(22-20)16-12-6-10-13-7-4-5-11-15(13)16/h1-12H,19-20H2/b21-17+,22-18+. The average molecular weight is 288 g/mol. The second kappa shape index (κ2) is 6.10. The van der Waals surface area contributed by atoms with E-state index in [9.17, 15) is 0 Å². The molecule has 0 saturated carbocycles. The van der Waals surface area contributed by atoms with Gasteiger partial charge < -0.3 is 11.7 Å². The van der Waals surface area contributed by atoms with E-state index < -0.39 is 0 Å². The molecule has 4 heteroatoms. The van der Waals surface area contributed by atoms with Gasteiger partial charge in [-0.25, -0.2) is 0 Å². The van der Waals surface area contributed by atoms with Crippen LogP contribution in [0.25, 0.3) is 10.8 Å². The third kappa shape index (κ3) is 2.42. The Hall–Kier alpha value is -3.14. The summed E-state index contributed by atoms with van der Waals surface area (Å²) < 4.78 is 0. The number of nitrogens with zero attached hydrogens (tertiary/aromatic N) is 2. The van der Waals surface area contributed by atoms with Gasteiger partial charge >= 0.3 is 0 Å². The monoisotopic (exact) mass is 288 g/mol. The van der Waals surface area contributed by atoms with Crippen LogP contribution < -0.4 is 11.7 Å². The maximum absolute atomic E-state index is 5.66. The minimum Gasteiger partial charge on any atom is -0.323 e. The molecular weight excluding hydrogens is 272 g/mol. The number of benzene rings is 3. The van der Waals surface area contributed by atoms with Crippen molar-refractivity contribution < 1.29 is 0 Å². The molecular formula is C18H16N4. The fourth-order valence-electron chi connectivity index (χ4n) is 2.56. The Kier molecular flexibility index (Phi) is 3.83. The Bertz CT molecular complexity index is 846. The molecule has 108 valence electrons. The largest absolute Gasteiger partial charge is 0.323 e. The van der Waals surface area contributed by atoms with Gasteiger partial charge in [-0.1, -0.05) is 72.8 Å². The lowest BCUT2D eigenvalue weighted by atomic mass is 9.95. The molecule has 0 aliphatic carbocycles. The van der Waals surface area contributed by atoms with Crippen LogP contribution in [0.15, 0.2) is 83.0 Å². The van der Waals surface area contributed by atoms with Crippen molar-refractivity contribution in [3.05, 3.63) is 83.9 Å². The third-order valence-corrected chi connectivity index (χ3v) is 3.57. The minimum atomic E-state index is 0.569. The quantitative estimate of drug-likeness (QED) is 0.441. The van der Waals surface area contributed by atoms with E-state index in [4.69, 9.17) is 11.7 Å². The fraction of sp³-hybridized carbons (Fsp3) is 0. The number of hydrazone groups is 2. The highest BCUT2D eigenvalue weighted by molar-refractivity contribution is 6.54. The summed E-state index contributed by atoms with van der Waals surface area (Å²) in [5.41, 5.74) is 2.93.